The largest absolute Gasteiger partial charge is 0.484 e. The van der Waals surface area contributed by atoms with E-state index >= 15 is 0 Å². The third-order valence-corrected chi connectivity index (χ3v) is 12.9. The number of para-hydroxylation sites is 1. The normalized spacial score (nSPS) is 22.2. The second kappa shape index (κ2) is 11.7. The van der Waals surface area contributed by atoms with E-state index in [1.54, 1.807) is 0 Å². The number of hydrogen-bond acceptors (Lipinski definition) is 4. The molecule has 0 bridgehead atoms. The third kappa shape index (κ3) is 4.41. The van der Waals surface area contributed by atoms with Crippen LogP contribution in [0.4, 0.5) is 0 Å². The van der Waals surface area contributed by atoms with Gasteiger partial charge in [0, 0.05) is 68.2 Å². The maximum absolute atomic E-state index is 6.73. The van der Waals surface area contributed by atoms with Crippen molar-refractivity contribution in [3.05, 3.63) is 215 Å². The molecule has 7 aromatic rings. The summed E-state index contributed by atoms with van der Waals surface area (Å²) in [6.45, 7) is 0. The van der Waals surface area contributed by atoms with Crippen molar-refractivity contribution in [1.29, 1.82) is 0 Å². The van der Waals surface area contributed by atoms with E-state index in [0.29, 0.717) is 0 Å². The molecule has 4 heteroatoms. The van der Waals surface area contributed by atoms with Crippen molar-refractivity contribution < 1.29 is 4.74 Å². The summed E-state index contributed by atoms with van der Waals surface area (Å²) in [4.78, 5) is 14.9. The second-order valence-electron chi connectivity index (χ2n) is 15.8. The molecule has 4 unspecified atom stereocenters. The van der Waals surface area contributed by atoms with E-state index in [2.05, 4.69) is 152 Å². The van der Waals surface area contributed by atoms with Crippen molar-refractivity contribution in [2.75, 3.05) is 0 Å². The molecule has 0 saturated heterocycles. The summed E-state index contributed by atoms with van der Waals surface area (Å²) >= 11 is 0. The Morgan fingerprint density at radius 3 is 2.40 bits per heavy atom. The molecule has 0 fully saturated rings. The molecule has 4 nitrogen and oxygen atoms in total. The lowest BCUT2D eigenvalue weighted by atomic mass is 9.61. The zero-order valence-corrected chi connectivity index (χ0v) is 30.8. The number of rotatable bonds is 3. The molecule has 4 aromatic carbocycles. The number of benzene rings is 4. The lowest BCUT2D eigenvalue weighted by Crippen LogP contribution is -2.30. The van der Waals surface area contributed by atoms with Gasteiger partial charge in [0.25, 0.3) is 0 Å². The summed E-state index contributed by atoms with van der Waals surface area (Å²) in [6.07, 6.45) is 31.1. The van der Waals surface area contributed by atoms with E-state index < -0.39 is 0 Å². The second-order valence-corrected chi connectivity index (χ2v) is 15.8. The Kier molecular flexibility index (Phi) is 6.36. The Morgan fingerprint density at radius 1 is 0.596 bits per heavy atom. The Balaban J connectivity index is 0.939. The molecular formula is C53H33N3O. The standard InChI is InChI=1S/C53H33N3O/c1-3-14-45-42(12-1)49-43(25-24-41-37-11-2-4-15-46(37)57-53(41)49)50(56-45)33-9-5-8-32(28-33)35-20-16-30-19-23-39-36(21-17-31-18-22-38(35)47(30)48(31)39)44-29-34-10-6-26-54-51(34)52-40(44)13-7-27-55-52/h1-29,37,46-48H. The molecule has 0 amide bonds. The van der Waals surface area contributed by atoms with Gasteiger partial charge in [0.05, 0.1) is 22.2 Å². The van der Waals surface area contributed by atoms with Crippen LogP contribution in [0.15, 0.2) is 199 Å². The fraction of sp³-hybridized carbons (Fsp3) is 0.0755. The van der Waals surface area contributed by atoms with Crippen LogP contribution in [0.5, 0.6) is 5.75 Å². The average Bonchev–Trinajstić information content (AvgIpc) is 3.66. The van der Waals surface area contributed by atoms with Crippen LogP contribution in [0.3, 0.4) is 0 Å². The van der Waals surface area contributed by atoms with Crippen molar-refractivity contribution in [3.8, 4) is 17.0 Å². The highest BCUT2D eigenvalue weighted by atomic mass is 16.5. The average molecular weight is 728 g/mol. The first-order valence-electron chi connectivity index (χ1n) is 19.8. The highest BCUT2D eigenvalue weighted by Gasteiger charge is 2.41. The highest BCUT2D eigenvalue weighted by molar-refractivity contribution is 6.15. The molecule has 0 spiro atoms. The molecule has 4 atom stereocenters. The van der Waals surface area contributed by atoms with Crippen LogP contribution in [0, 0.1) is 11.8 Å². The number of ether oxygens (including phenoxy) is 1. The topological polar surface area (TPSA) is 47.9 Å². The third-order valence-electron chi connectivity index (χ3n) is 12.9. The van der Waals surface area contributed by atoms with Gasteiger partial charge in [-0.2, -0.15) is 0 Å². The fourth-order valence-corrected chi connectivity index (χ4v) is 10.4. The number of pyridine rings is 3. The van der Waals surface area contributed by atoms with E-state index in [1.165, 1.54) is 50.1 Å². The summed E-state index contributed by atoms with van der Waals surface area (Å²) in [5, 5.41) is 5.61. The number of nitrogens with zero attached hydrogens (tertiary/aromatic N) is 3. The minimum atomic E-state index is 0.0192. The number of aromatic nitrogens is 3. The summed E-state index contributed by atoms with van der Waals surface area (Å²) in [5.74, 6) is 1.64. The molecule has 1 aliphatic heterocycles. The first-order chi connectivity index (χ1) is 28.3. The molecular weight excluding hydrogens is 695 g/mol. The Morgan fingerprint density at radius 2 is 1.42 bits per heavy atom. The molecule has 5 aliphatic carbocycles. The molecule has 266 valence electrons. The van der Waals surface area contributed by atoms with Gasteiger partial charge in [-0.05, 0) is 81.0 Å². The number of hydrogen-bond donors (Lipinski definition) is 0. The molecule has 13 rings (SSSR count). The van der Waals surface area contributed by atoms with Crippen molar-refractivity contribution >= 4 is 54.6 Å². The first kappa shape index (κ1) is 31.1. The smallest absolute Gasteiger partial charge is 0.132 e. The van der Waals surface area contributed by atoms with Crippen LogP contribution in [-0.4, -0.2) is 21.1 Å². The van der Waals surface area contributed by atoms with E-state index in [1.807, 2.05) is 24.5 Å². The quantitative estimate of drug-likeness (QED) is 0.170. The lowest BCUT2D eigenvalue weighted by Gasteiger charge is -2.42. The predicted molar refractivity (Wildman–Crippen MR) is 232 cm³/mol. The lowest BCUT2D eigenvalue weighted by molar-refractivity contribution is 0.271. The van der Waals surface area contributed by atoms with Gasteiger partial charge >= 0.3 is 0 Å². The van der Waals surface area contributed by atoms with E-state index in [0.717, 1.165) is 60.5 Å². The maximum Gasteiger partial charge on any atom is 0.132 e. The van der Waals surface area contributed by atoms with Crippen molar-refractivity contribution in [1.82, 2.24) is 15.0 Å². The number of fused-ring (bicyclic) bond motifs is 10. The minimum Gasteiger partial charge on any atom is -0.484 e. The molecule has 6 aliphatic rings. The zero-order valence-electron chi connectivity index (χ0n) is 30.8. The van der Waals surface area contributed by atoms with Gasteiger partial charge in [-0.3, -0.25) is 9.97 Å². The molecule has 4 heterocycles. The molecule has 0 radical (unpaired) electrons. The van der Waals surface area contributed by atoms with Crippen molar-refractivity contribution in [3.63, 3.8) is 0 Å². The summed E-state index contributed by atoms with van der Waals surface area (Å²) in [6, 6.07) is 32.7. The SMILES string of the molecule is C1=CC2Oc3c(ccc4c(-c5cccc(C6=C7C=CC8=CC=C(c9cc%10cccnc%10c%10ncccc9%10)C9=CC=C(C=C6)C7C89)c5)nc5ccccc5c34)C2C=C1. The van der Waals surface area contributed by atoms with E-state index in [-0.39, 0.29) is 23.9 Å². The minimum absolute atomic E-state index is 0.0192. The molecule has 3 aromatic heterocycles. The van der Waals surface area contributed by atoms with Gasteiger partial charge in [-0.25, -0.2) is 4.98 Å². The van der Waals surface area contributed by atoms with Gasteiger partial charge in [0.15, 0.2) is 0 Å². The van der Waals surface area contributed by atoms with Gasteiger partial charge in [0.2, 0.25) is 0 Å². The van der Waals surface area contributed by atoms with Crippen LogP contribution in [0.25, 0.3) is 65.9 Å². The van der Waals surface area contributed by atoms with E-state index in [4.69, 9.17) is 19.7 Å². The van der Waals surface area contributed by atoms with Crippen molar-refractivity contribution in [2.45, 2.75) is 12.0 Å². The van der Waals surface area contributed by atoms with Crippen LogP contribution < -0.4 is 4.74 Å². The van der Waals surface area contributed by atoms with Crippen LogP contribution in [0.1, 0.15) is 22.6 Å². The van der Waals surface area contributed by atoms with Gasteiger partial charge < -0.3 is 4.74 Å². The molecule has 57 heavy (non-hydrogen) atoms. The van der Waals surface area contributed by atoms with Crippen LogP contribution >= 0.6 is 0 Å². The summed E-state index contributed by atoms with van der Waals surface area (Å²) < 4.78 is 6.73. The Hall–Kier alpha value is -7.17. The van der Waals surface area contributed by atoms with Crippen molar-refractivity contribution in [2.24, 2.45) is 11.8 Å². The Bertz CT molecular complexity index is 3290. The van der Waals surface area contributed by atoms with Crippen LogP contribution in [0.2, 0.25) is 0 Å². The fourth-order valence-electron chi connectivity index (χ4n) is 10.4. The van der Waals surface area contributed by atoms with Gasteiger partial charge in [0.1, 0.15) is 11.9 Å². The summed E-state index contributed by atoms with van der Waals surface area (Å²) in [5.41, 5.74) is 16.5. The summed E-state index contributed by atoms with van der Waals surface area (Å²) in [7, 11) is 0. The van der Waals surface area contributed by atoms with Gasteiger partial charge in [-0.1, -0.05) is 127 Å². The zero-order chi connectivity index (χ0) is 37.2. The molecule has 0 saturated carbocycles. The maximum atomic E-state index is 6.73. The highest BCUT2D eigenvalue weighted by Crippen LogP contribution is 2.55. The molecule has 0 N–H and O–H groups in total. The Labute approximate surface area is 329 Å². The first-order valence-corrected chi connectivity index (χ1v) is 19.8. The van der Waals surface area contributed by atoms with Gasteiger partial charge in [-0.15, -0.1) is 0 Å². The monoisotopic (exact) mass is 727 g/mol. The number of allylic oxidation sites excluding steroid dienone is 16. The van der Waals surface area contributed by atoms with Crippen LogP contribution in [-0.2, 0) is 0 Å². The predicted octanol–water partition coefficient (Wildman–Crippen LogP) is 12.1. The van der Waals surface area contributed by atoms with E-state index in [9.17, 15) is 0 Å².